The van der Waals surface area contributed by atoms with E-state index in [0.717, 1.165) is 5.56 Å². The van der Waals surface area contributed by atoms with Gasteiger partial charge in [0.1, 0.15) is 18.5 Å². The van der Waals surface area contributed by atoms with Crippen LogP contribution in [-0.2, 0) is 32.1 Å². The average Bonchev–Trinajstić information content (AvgIpc) is 2.61. The number of methoxy groups -OCH3 is 1. The zero-order valence-electron chi connectivity index (χ0n) is 13.9. The molecule has 0 fully saturated rings. The number of hydrogen-bond donors (Lipinski definition) is 1. The maximum atomic E-state index is 13.3. The largest absolute Gasteiger partial charge is 0.467 e. The third-order valence-corrected chi connectivity index (χ3v) is 3.49. The van der Waals surface area contributed by atoms with Crippen LogP contribution in [-0.4, -0.2) is 31.6 Å². The standard InChI is InChI=1S/C19H20FNO4/c1-24-19(23)17(11-15-8-5-9-16(20)10-15)21-18(22)13-25-12-14-6-3-2-4-7-14/h2-10,17H,11-13H2,1H3,(H,21,22)/t17-/m0/s1. The zero-order chi connectivity index (χ0) is 18.1. The van der Waals surface area contributed by atoms with Crippen molar-refractivity contribution in [3.8, 4) is 0 Å². The van der Waals surface area contributed by atoms with Crippen LogP contribution in [0.3, 0.4) is 0 Å². The van der Waals surface area contributed by atoms with E-state index in [9.17, 15) is 14.0 Å². The van der Waals surface area contributed by atoms with Crippen LogP contribution in [0.4, 0.5) is 4.39 Å². The fourth-order valence-electron chi connectivity index (χ4n) is 2.31. The van der Waals surface area contributed by atoms with Crippen molar-refractivity contribution in [2.45, 2.75) is 19.1 Å². The molecule has 1 amide bonds. The molecule has 0 heterocycles. The lowest BCUT2D eigenvalue weighted by atomic mass is 10.1. The van der Waals surface area contributed by atoms with Gasteiger partial charge in [-0.3, -0.25) is 4.79 Å². The van der Waals surface area contributed by atoms with Crippen LogP contribution in [0.25, 0.3) is 0 Å². The molecule has 2 aromatic rings. The molecule has 0 bridgehead atoms. The van der Waals surface area contributed by atoms with Crippen molar-refractivity contribution in [3.63, 3.8) is 0 Å². The topological polar surface area (TPSA) is 64.6 Å². The molecular formula is C19H20FNO4. The number of ether oxygens (including phenoxy) is 2. The minimum Gasteiger partial charge on any atom is -0.467 e. The number of nitrogens with one attached hydrogen (secondary N) is 1. The number of halogens is 1. The summed E-state index contributed by atoms with van der Waals surface area (Å²) in [5.41, 5.74) is 1.53. The smallest absolute Gasteiger partial charge is 0.328 e. The zero-order valence-corrected chi connectivity index (χ0v) is 13.9. The third-order valence-electron chi connectivity index (χ3n) is 3.49. The van der Waals surface area contributed by atoms with E-state index in [4.69, 9.17) is 9.47 Å². The predicted octanol–water partition coefficient (Wildman–Crippen LogP) is 2.24. The minimum absolute atomic E-state index is 0.134. The number of carbonyl (C=O) groups is 2. The van der Waals surface area contributed by atoms with Gasteiger partial charge in [0, 0.05) is 6.42 Å². The first kappa shape index (κ1) is 18.6. The molecule has 0 saturated carbocycles. The lowest BCUT2D eigenvalue weighted by Gasteiger charge is -2.16. The highest BCUT2D eigenvalue weighted by Gasteiger charge is 2.22. The molecule has 1 N–H and O–H groups in total. The van der Waals surface area contributed by atoms with Gasteiger partial charge < -0.3 is 14.8 Å². The molecule has 2 aromatic carbocycles. The average molecular weight is 345 g/mol. The van der Waals surface area contributed by atoms with E-state index in [2.05, 4.69) is 5.32 Å². The SMILES string of the molecule is COC(=O)[C@H](Cc1cccc(F)c1)NC(=O)COCc1ccccc1. The van der Waals surface area contributed by atoms with Crippen LogP contribution < -0.4 is 5.32 Å². The molecule has 0 aliphatic rings. The van der Waals surface area contributed by atoms with E-state index in [0.29, 0.717) is 12.2 Å². The van der Waals surface area contributed by atoms with Crippen molar-refractivity contribution >= 4 is 11.9 Å². The summed E-state index contributed by atoms with van der Waals surface area (Å²) in [4.78, 5) is 23.9. The maximum absolute atomic E-state index is 13.3. The maximum Gasteiger partial charge on any atom is 0.328 e. The Bertz CT molecular complexity index is 706. The summed E-state index contributed by atoms with van der Waals surface area (Å²) in [6, 6.07) is 14.4. The molecule has 25 heavy (non-hydrogen) atoms. The molecule has 0 aromatic heterocycles. The Morgan fingerprint density at radius 3 is 2.48 bits per heavy atom. The molecule has 0 radical (unpaired) electrons. The summed E-state index contributed by atoms with van der Waals surface area (Å²) in [7, 11) is 1.24. The van der Waals surface area contributed by atoms with Gasteiger partial charge in [-0.1, -0.05) is 42.5 Å². The Morgan fingerprint density at radius 1 is 1.08 bits per heavy atom. The number of hydrogen-bond acceptors (Lipinski definition) is 4. The van der Waals surface area contributed by atoms with Crippen molar-refractivity contribution in [1.29, 1.82) is 0 Å². The van der Waals surface area contributed by atoms with Crippen LogP contribution in [0.1, 0.15) is 11.1 Å². The van der Waals surface area contributed by atoms with Crippen LogP contribution in [0.15, 0.2) is 54.6 Å². The monoisotopic (exact) mass is 345 g/mol. The predicted molar refractivity (Wildman–Crippen MR) is 90.1 cm³/mol. The second-order valence-corrected chi connectivity index (χ2v) is 5.46. The molecule has 0 spiro atoms. The van der Waals surface area contributed by atoms with E-state index >= 15 is 0 Å². The van der Waals surface area contributed by atoms with Crippen molar-refractivity contribution in [2.24, 2.45) is 0 Å². The Morgan fingerprint density at radius 2 is 1.80 bits per heavy atom. The van der Waals surface area contributed by atoms with Gasteiger partial charge in [-0.2, -0.15) is 0 Å². The number of rotatable bonds is 8. The summed E-state index contributed by atoms with van der Waals surface area (Å²) in [6.07, 6.45) is 0.134. The van der Waals surface area contributed by atoms with Gasteiger partial charge >= 0.3 is 5.97 Å². The lowest BCUT2D eigenvalue weighted by Crippen LogP contribution is -2.44. The first-order chi connectivity index (χ1) is 12.1. The summed E-state index contributed by atoms with van der Waals surface area (Å²) in [5, 5.41) is 2.56. The van der Waals surface area contributed by atoms with Crippen LogP contribution in [0.2, 0.25) is 0 Å². The van der Waals surface area contributed by atoms with Gasteiger partial charge in [-0.15, -0.1) is 0 Å². The van der Waals surface area contributed by atoms with Gasteiger partial charge in [0.05, 0.1) is 13.7 Å². The molecule has 132 valence electrons. The Kier molecular flexibility index (Phi) is 7.10. The molecule has 0 saturated heterocycles. The molecule has 0 unspecified atom stereocenters. The minimum atomic E-state index is -0.903. The third kappa shape index (κ3) is 6.35. The van der Waals surface area contributed by atoms with E-state index in [-0.39, 0.29) is 13.0 Å². The fourth-order valence-corrected chi connectivity index (χ4v) is 2.31. The number of carbonyl (C=O) groups excluding carboxylic acids is 2. The van der Waals surface area contributed by atoms with Gasteiger partial charge in [0.2, 0.25) is 5.91 Å². The van der Waals surface area contributed by atoms with E-state index in [1.54, 1.807) is 12.1 Å². The van der Waals surface area contributed by atoms with E-state index < -0.39 is 23.7 Å². The number of esters is 1. The van der Waals surface area contributed by atoms with Crippen molar-refractivity contribution in [2.75, 3.05) is 13.7 Å². The van der Waals surface area contributed by atoms with Crippen LogP contribution in [0, 0.1) is 5.82 Å². The van der Waals surface area contributed by atoms with Crippen molar-refractivity contribution in [3.05, 3.63) is 71.5 Å². The molecule has 1 atom stereocenters. The van der Waals surface area contributed by atoms with E-state index in [1.165, 1.54) is 19.2 Å². The summed E-state index contributed by atoms with van der Waals surface area (Å²) >= 11 is 0. The second kappa shape index (κ2) is 9.54. The quantitative estimate of drug-likeness (QED) is 0.745. The first-order valence-corrected chi connectivity index (χ1v) is 7.82. The number of benzene rings is 2. The van der Waals surface area contributed by atoms with Gasteiger partial charge in [-0.25, -0.2) is 9.18 Å². The summed E-state index contributed by atoms with van der Waals surface area (Å²) in [5.74, 6) is -1.44. The normalized spacial score (nSPS) is 11.6. The molecular weight excluding hydrogens is 325 g/mol. The Labute approximate surface area is 145 Å². The Hall–Kier alpha value is -2.73. The van der Waals surface area contributed by atoms with Crippen LogP contribution >= 0.6 is 0 Å². The van der Waals surface area contributed by atoms with E-state index in [1.807, 2.05) is 30.3 Å². The van der Waals surface area contributed by atoms with Crippen molar-refractivity contribution < 1.29 is 23.5 Å². The molecule has 6 heteroatoms. The highest BCUT2D eigenvalue weighted by Crippen LogP contribution is 2.08. The fraction of sp³-hybridized carbons (Fsp3) is 0.263. The van der Waals surface area contributed by atoms with Gasteiger partial charge in [0.15, 0.2) is 0 Å². The van der Waals surface area contributed by atoms with Gasteiger partial charge in [-0.05, 0) is 23.3 Å². The molecule has 2 rings (SSSR count). The summed E-state index contributed by atoms with van der Waals surface area (Å²) < 4.78 is 23.3. The summed E-state index contributed by atoms with van der Waals surface area (Å²) in [6.45, 7) is 0.104. The van der Waals surface area contributed by atoms with Crippen LogP contribution in [0.5, 0.6) is 0 Å². The van der Waals surface area contributed by atoms with Crippen molar-refractivity contribution in [1.82, 2.24) is 5.32 Å². The van der Waals surface area contributed by atoms with Gasteiger partial charge in [0.25, 0.3) is 0 Å². The molecule has 0 aliphatic heterocycles. The molecule has 0 aliphatic carbocycles. The Balaban J connectivity index is 1.87. The number of amides is 1. The first-order valence-electron chi connectivity index (χ1n) is 7.82. The second-order valence-electron chi connectivity index (χ2n) is 5.46. The molecule has 5 nitrogen and oxygen atoms in total. The highest BCUT2D eigenvalue weighted by atomic mass is 19.1. The highest BCUT2D eigenvalue weighted by molar-refractivity contribution is 5.85. The lowest BCUT2D eigenvalue weighted by molar-refractivity contribution is -0.145.